The van der Waals surface area contributed by atoms with Crippen molar-refractivity contribution in [1.82, 2.24) is 4.90 Å². The molecule has 4 heteroatoms. The second-order valence-electron chi connectivity index (χ2n) is 8.29. The monoisotopic (exact) mass is 406 g/mol. The molecule has 1 N–H and O–H groups in total. The summed E-state index contributed by atoms with van der Waals surface area (Å²) in [4.78, 5) is 9.53. The van der Waals surface area contributed by atoms with E-state index in [1.165, 1.54) is 17.7 Å². The SMILES string of the molecule is C=C(C)/C=C\C(/C=N\C(=C)Nc1ccc(N2CCN(C(C)CC)CC2)cc1)=C(C)C. The average molecular weight is 407 g/mol. The lowest BCUT2D eigenvalue weighted by Gasteiger charge is -2.39. The molecule has 1 aliphatic heterocycles. The maximum absolute atomic E-state index is 4.48. The number of nitrogens with zero attached hydrogens (tertiary/aromatic N) is 3. The van der Waals surface area contributed by atoms with Crippen LogP contribution in [0, 0.1) is 0 Å². The summed E-state index contributed by atoms with van der Waals surface area (Å²) in [7, 11) is 0. The first kappa shape index (κ1) is 23.7. The Balaban J connectivity index is 1.92. The molecular weight excluding hydrogens is 368 g/mol. The van der Waals surface area contributed by atoms with Gasteiger partial charge in [-0.2, -0.15) is 0 Å². The number of hydrogen-bond donors (Lipinski definition) is 1. The summed E-state index contributed by atoms with van der Waals surface area (Å²) in [5.41, 5.74) is 5.54. The van der Waals surface area contributed by atoms with Crippen molar-refractivity contribution in [1.29, 1.82) is 0 Å². The smallest absolute Gasteiger partial charge is 0.123 e. The molecule has 1 atom stereocenters. The van der Waals surface area contributed by atoms with Crippen LogP contribution in [0.1, 0.15) is 41.0 Å². The summed E-state index contributed by atoms with van der Waals surface area (Å²) in [6.45, 7) is 23.1. The number of rotatable bonds is 9. The van der Waals surface area contributed by atoms with Crippen molar-refractivity contribution >= 4 is 17.6 Å². The Kier molecular flexibility index (Phi) is 9.13. The van der Waals surface area contributed by atoms with Gasteiger partial charge < -0.3 is 10.2 Å². The summed E-state index contributed by atoms with van der Waals surface area (Å²) in [6.07, 6.45) is 7.08. The second-order valence-corrected chi connectivity index (χ2v) is 8.29. The highest BCUT2D eigenvalue weighted by atomic mass is 15.3. The van der Waals surface area contributed by atoms with E-state index in [2.05, 4.69) is 85.2 Å². The van der Waals surface area contributed by atoms with Crippen LogP contribution in [0.5, 0.6) is 0 Å². The van der Waals surface area contributed by atoms with Gasteiger partial charge in [-0.1, -0.05) is 43.4 Å². The minimum Gasteiger partial charge on any atom is -0.369 e. The van der Waals surface area contributed by atoms with E-state index in [1.54, 1.807) is 0 Å². The number of nitrogens with one attached hydrogen (secondary N) is 1. The molecule has 30 heavy (non-hydrogen) atoms. The molecule has 4 nitrogen and oxygen atoms in total. The number of hydrogen-bond acceptors (Lipinski definition) is 4. The highest BCUT2D eigenvalue weighted by Gasteiger charge is 2.20. The molecule has 1 aliphatic rings. The van der Waals surface area contributed by atoms with Gasteiger partial charge in [-0.3, -0.25) is 4.90 Å². The van der Waals surface area contributed by atoms with Crippen molar-refractivity contribution in [2.24, 2.45) is 4.99 Å². The van der Waals surface area contributed by atoms with E-state index in [9.17, 15) is 0 Å². The maximum atomic E-state index is 4.48. The Morgan fingerprint density at radius 1 is 1.07 bits per heavy atom. The Labute approximate surface area is 183 Å². The third-order valence-electron chi connectivity index (χ3n) is 5.53. The van der Waals surface area contributed by atoms with Gasteiger partial charge in [0.05, 0.1) is 0 Å². The first-order chi connectivity index (χ1) is 14.3. The van der Waals surface area contributed by atoms with Crippen LogP contribution in [0.2, 0.25) is 0 Å². The number of aliphatic imine (C=N–C) groups is 1. The molecule has 0 bridgehead atoms. The molecule has 1 aromatic rings. The van der Waals surface area contributed by atoms with Crippen LogP contribution in [0.25, 0.3) is 0 Å². The third kappa shape index (κ3) is 7.34. The van der Waals surface area contributed by atoms with Crippen molar-refractivity contribution in [2.45, 2.75) is 47.1 Å². The van der Waals surface area contributed by atoms with Crippen LogP contribution in [0.3, 0.4) is 0 Å². The predicted octanol–water partition coefficient (Wildman–Crippen LogP) is 6.03. The first-order valence-corrected chi connectivity index (χ1v) is 10.9. The molecule has 1 fully saturated rings. The van der Waals surface area contributed by atoms with Crippen LogP contribution < -0.4 is 10.2 Å². The average Bonchev–Trinajstić information content (AvgIpc) is 2.73. The lowest BCUT2D eigenvalue weighted by molar-refractivity contribution is 0.193. The molecule has 0 radical (unpaired) electrons. The Hall–Kier alpha value is -2.59. The molecule has 1 unspecified atom stereocenters. The van der Waals surface area contributed by atoms with Crippen LogP contribution >= 0.6 is 0 Å². The van der Waals surface area contributed by atoms with Gasteiger partial charge in [0, 0.05) is 49.8 Å². The second kappa shape index (κ2) is 11.6. The Morgan fingerprint density at radius 3 is 2.23 bits per heavy atom. The molecule has 1 saturated heterocycles. The molecule has 2 rings (SSSR count). The van der Waals surface area contributed by atoms with Crippen molar-refractivity contribution < 1.29 is 0 Å². The fraction of sp³-hybridized carbons (Fsp3) is 0.423. The summed E-state index contributed by atoms with van der Waals surface area (Å²) in [5.74, 6) is 0.618. The molecule has 0 aliphatic carbocycles. The zero-order valence-electron chi connectivity index (χ0n) is 19.4. The van der Waals surface area contributed by atoms with Crippen LogP contribution in [-0.4, -0.2) is 43.3 Å². The van der Waals surface area contributed by atoms with Crippen LogP contribution in [-0.2, 0) is 0 Å². The molecule has 162 valence electrons. The molecule has 0 amide bonds. The van der Waals surface area contributed by atoms with Crippen LogP contribution in [0.4, 0.5) is 11.4 Å². The quantitative estimate of drug-likeness (QED) is 0.401. The van der Waals surface area contributed by atoms with Crippen molar-refractivity contribution in [3.8, 4) is 0 Å². The first-order valence-electron chi connectivity index (χ1n) is 10.9. The van der Waals surface area contributed by atoms with Gasteiger partial charge in [0.15, 0.2) is 0 Å². The minimum atomic E-state index is 0.618. The van der Waals surface area contributed by atoms with Crippen LogP contribution in [0.15, 0.2) is 77.1 Å². The molecule has 0 saturated carbocycles. The molecule has 1 heterocycles. The summed E-state index contributed by atoms with van der Waals surface area (Å²) < 4.78 is 0. The topological polar surface area (TPSA) is 30.9 Å². The van der Waals surface area contributed by atoms with E-state index in [1.807, 2.05) is 25.3 Å². The van der Waals surface area contributed by atoms with Gasteiger partial charge in [-0.05, 0) is 64.0 Å². The summed E-state index contributed by atoms with van der Waals surface area (Å²) in [6, 6.07) is 9.22. The Morgan fingerprint density at radius 2 is 1.70 bits per heavy atom. The highest BCUT2D eigenvalue weighted by Crippen LogP contribution is 2.21. The fourth-order valence-electron chi connectivity index (χ4n) is 3.35. The lowest BCUT2D eigenvalue weighted by atomic mass is 10.1. The number of piperazine rings is 1. The van der Waals surface area contributed by atoms with E-state index in [0.29, 0.717) is 11.9 Å². The van der Waals surface area contributed by atoms with Gasteiger partial charge in [-0.25, -0.2) is 4.99 Å². The van der Waals surface area contributed by atoms with E-state index < -0.39 is 0 Å². The van der Waals surface area contributed by atoms with Gasteiger partial charge in [0.2, 0.25) is 0 Å². The zero-order valence-corrected chi connectivity index (χ0v) is 19.4. The van der Waals surface area contributed by atoms with E-state index >= 15 is 0 Å². The normalized spacial score (nSPS) is 16.1. The number of benzene rings is 1. The summed E-state index contributed by atoms with van der Waals surface area (Å²) >= 11 is 0. The van der Waals surface area contributed by atoms with Crippen molar-refractivity contribution in [3.63, 3.8) is 0 Å². The van der Waals surface area contributed by atoms with Gasteiger partial charge in [-0.15, -0.1) is 0 Å². The highest BCUT2D eigenvalue weighted by molar-refractivity contribution is 5.84. The largest absolute Gasteiger partial charge is 0.369 e. The molecule has 0 aromatic heterocycles. The standard InChI is InChI=1S/C26H38N4/c1-8-22(6)29-15-17-30(18-16-29)26-13-11-25(12-14-26)28-23(7)27-19-24(21(4)5)10-9-20(2)3/h9-14,19,22,28H,2,7-8,15-18H2,1,3-6H3/b10-9-,27-19-. The maximum Gasteiger partial charge on any atom is 0.123 e. The summed E-state index contributed by atoms with van der Waals surface area (Å²) in [5, 5.41) is 3.28. The van der Waals surface area contributed by atoms with Gasteiger partial charge in [0.1, 0.15) is 5.82 Å². The van der Waals surface area contributed by atoms with E-state index in [4.69, 9.17) is 0 Å². The predicted molar refractivity (Wildman–Crippen MR) is 134 cm³/mol. The zero-order chi connectivity index (χ0) is 22.1. The minimum absolute atomic E-state index is 0.618. The van der Waals surface area contributed by atoms with Gasteiger partial charge >= 0.3 is 0 Å². The van der Waals surface area contributed by atoms with E-state index in [-0.39, 0.29) is 0 Å². The van der Waals surface area contributed by atoms with Crippen molar-refractivity contribution in [3.05, 3.63) is 72.1 Å². The van der Waals surface area contributed by atoms with Gasteiger partial charge in [0.25, 0.3) is 0 Å². The van der Waals surface area contributed by atoms with E-state index in [0.717, 1.165) is 43.0 Å². The van der Waals surface area contributed by atoms with Crippen molar-refractivity contribution in [2.75, 3.05) is 36.4 Å². The molecular formula is C26H38N4. The molecule has 1 aromatic carbocycles. The lowest BCUT2D eigenvalue weighted by Crippen LogP contribution is -2.49. The Bertz CT molecular complexity index is 802. The number of allylic oxidation sites excluding steroid dienone is 5. The molecule has 0 spiro atoms. The third-order valence-corrected chi connectivity index (χ3v) is 5.53. The number of anilines is 2. The fourth-order valence-corrected chi connectivity index (χ4v) is 3.35.